The SMILES string of the molecule is O=C(CC1CCCc2ccccc21)c1cnsn1. The van der Waals surface area contributed by atoms with Gasteiger partial charge < -0.3 is 0 Å². The van der Waals surface area contributed by atoms with Crippen LogP contribution in [0, 0.1) is 0 Å². The molecular weight excluding hydrogens is 244 g/mol. The van der Waals surface area contributed by atoms with E-state index in [1.165, 1.54) is 17.5 Å². The maximum atomic E-state index is 12.1. The van der Waals surface area contributed by atoms with Crippen molar-refractivity contribution >= 4 is 17.5 Å². The van der Waals surface area contributed by atoms with Crippen molar-refractivity contribution < 1.29 is 4.79 Å². The molecule has 2 aromatic rings. The monoisotopic (exact) mass is 258 g/mol. The Morgan fingerprint density at radius 1 is 1.39 bits per heavy atom. The molecule has 1 aromatic carbocycles. The smallest absolute Gasteiger partial charge is 0.184 e. The fourth-order valence-electron chi connectivity index (χ4n) is 2.68. The predicted octanol–water partition coefficient (Wildman–Crippen LogP) is 3.23. The first-order chi connectivity index (χ1) is 8.84. The van der Waals surface area contributed by atoms with Crippen LogP contribution in [0.2, 0.25) is 0 Å². The Balaban J connectivity index is 1.80. The van der Waals surface area contributed by atoms with Crippen LogP contribution < -0.4 is 0 Å². The van der Waals surface area contributed by atoms with Gasteiger partial charge in [0.1, 0.15) is 5.69 Å². The topological polar surface area (TPSA) is 42.9 Å². The minimum atomic E-state index is 0.116. The Hall–Kier alpha value is -1.55. The Labute approximate surface area is 110 Å². The number of ketones is 1. The summed E-state index contributed by atoms with van der Waals surface area (Å²) in [4.78, 5) is 12.1. The van der Waals surface area contributed by atoms with Crippen molar-refractivity contribution in [3.8, 4) is 0 Å². The lowest BCUT2D eigenvalue weighted by Gasteiger charge is -2.24. The molecule has 0 spiro atoms. The van der Waals surface area contributed by atoms with Gasteiger partial charge in [-0.1, -0.05) is 24.3 Å². The highest BCUT2D eigenvalue weighted by Gasteiger charge is 2.23. The summed E-state index contributed by atoms with van der Waals surface area (Å²) in [6.45, 7) is 0. The number of rotatable bonds is 3. The quantitative estimate of drug-likeness (QED) is 0.794. The largest absolute Gasteiger partial charge is 0.292 e. The average molecular weight is 258 g/mol. The molecule has 0 aliphatic heterocycles. The lowest BCUT2D eigenvalue weighted by atomic mass is 9.80. The molecule has 1 heterocycles. The number of fused-ring (bicyclic) bond motifs is 1. The van der Waals surface area contributed by atoms with Crippen molar-refractivity contribution in [2.45, 2.75) is 31.6 Å². The van der Waals surface area contributed by atoms with E-state index in [-0.39, 0.29) is 5.78 Å². The number of Topliss-reactive ketones (excluding diaryl/α,β-unsaturated/α-hetero) is 1. The third kappa shape index (κ3) is 2.20. The van der Waals surface area contributed by atoms with Gasteiger partial charge in [0.05, 0.1) is 17.9 Å². The molecule has 0 saturated heterocycles. The van der Waals surface area contributed by atoms with E-state index in [9.17, 15) is 4.79 Å². The van der Waals surface area contributed by atoms with Crippen LogP contribution in [0.4, 0.5) is 0 Å². The molecule has 0 N–H and O–H groups in total. The van der Waals surface area contributed by atoms with Crippen molar-refractivity contribution in [2.24, 2.45) is 0 Å². The van der Waals surface area contributed by atoms with Gasteiger partial charge in [-0.3, -0.25) is 4.79 Å². The second-order valence-electron chi connectivity index (χ2n) is 4.71. The van der Waals surface area contributed by atoms with Gasteiger partial charge in [0.2, 0.25) is 0 Å². The van der Waals surface area contributed by atoms with E-state index in [1.807, 2.05) is 0 Å². The molecule has 0 bridgehead atoms. The van der Waals surface area contributed by atoms with E-state index in [0.717, 1.165) is 24.6 Å². The van der Waals surface area contributed by atoms with E-state index >= 15 is 0 Å². The number of aryl methyl sites for hydroxylation is 1. The maximum Gasteiger partial charge on any atom is 0.184 e. The van der Waals surface area contributed by atoms with Crippen LogP contribution in [0.5, 0.6) is 0 Å². The van der Waals surface area contributed by atoms with Crippen LogP contribution in [0.1, 0.15) is 46.8 Å². The van der Waals surface area contributed by atoms with E-state index < -0.39 is 0 Å². The average Bonchev–Trinajstić information content (AvgIpc) is 2.93. The van der Waals surface area contributed by atoms with Crippen molar-refractivity contribution in [1.29, 1.82) is 0 Å². The summed E-state index contributed by atoms with van der Waals surface area (Å²) in [6.07, 6.45) is 5.54. The molecule has 1 aliphatic carbocycles. The van der Waals surface area contributed by atoms with Crippen LogP contribution >= 0.6 is 11.7 Å². The van der Waals surface area contributed by atoms with Gasteiger partial charge in [-0.05, 0) is 36.3 Å². The van der Waals surface area contributed by atoms with E-state index in [1.54, 1.807) is 6.20 Å². The molecule has 0 fully saturated rings. The summed E-state index contributed by atoms with van der Waals surface area (Å²) in [6, 6.07) is 8.47. The van der Waals surface area contributed by atoms with Crippen LogP contribution in [-0.2, 0) is 6.42 Å². The molecule has 92 valence electrons. The Kier molecular flexibility index (Phi) is 3.19. The highest BCUT2D eigenvalue weighted by molar-refractivity contribution is 6.99. The number of nitrogens with zero attached hydrogens (tertiary/aromatic N) is 2. The molecule has 3 rings (SSSR count). The molecule has 0 amide bonds. The zero-order valence-electron chi connectivity index (χ0n) is 10.0. The third-order valence-corrected chi connectivity index (χ3v) is 4.05. The van der Waals surface area contributed by atoms with Crippen molar-refractivity contribution in [2.75, 3.05) is 0 Å². The molecule has 4 heteroatoms. The van der Waals surface area contributed by atoms with Crippen LogP contribution in [0.15, 0.2) is 30.5 Å². The number of aromatic nitrogens is 2. The lowest BCUT2D eigenvalue weighted by molar-refractivity contribution is 0.0967. The lowest BCUT2D eigenvalue weighted by Crippen LogP contribution is -2.14. The van der Waals surface area contributed by atoms with E-state index in [0.29, 0.717) is 18.0 Å². The molecule has 1 aromatic heterocycles. The first-order valence-electron chi connectivity index (χ1n) is 6.23. The van der Waals surface area contributed by atoms with Gasteiger partial charge in [0.15, 0.2) is 5.78 Å². The van der Waals surface area contributed by atoms with Gasteiger partial charge in [0.25, 0.3) is 0 Å². The van der Waals surface area contributed by atoms with Gasteiger partial charge in [0, 0.05) is 6.42 Å². The normalized spacial score (nSPS) is 18.3. The summed E-state index contributed by atoms with van der Waals surface area (Å²) in [5, 5.41) is 0. The number of carbonyl (C=O) groups is 1. The highest BCUT2D eigenvalue weighted by atomic mass is 32.1. The second kappa shape index (κ2) is 4.98. The summed E-state index contributed by atoms with van der Waals surface area (Å²) < 4.78 is 7.91. The summed E-state index contributed by atoms with van der Waals surface area (Å²) >= 11 is 1.09. The highest BCUT2D eigenvalue weighted by Crippen LogP contribution is 2.34. The first-order valence-corrected chi connectivity index (χ1v) is 6.96. The molecule has 0 radical (unpaired) electrons. The fourth-order valence-corrected chi connectivity index (χ4v) is 3.11. The van der Waals surface area contributed by atoms with Gasteiger partial charge in [-0.15, -0.1) is 0 Å². The molecule has 18 heavy (non-hydrogen) atoms. The minimum Gasteiger partial charge on any atom is -0.292 e. The van der Waals surface area contributed by atoms with Crippen LogP contribution in [0.3, 0.4) is 0 Å². The molecule has 1 aliphatic rings. The van der Waals surface area contributed by atoms with Crippen molar-refractivity contribution in [3.05, 3.63) is 47.3 Å². The molecule has 0 saturated carbocycles. The molecular formula is C14H14N2OS. The Morgan fingerprint density at radius 2 is 2.28 bits per heavy atom. The van der Waals surface area contributed by atoms with Crippen LogP contribution in [0.25, 0.3) is 0 Å². The van der Waals surface area contributed by atoms with Gasteiger partial charge in [-0.25, -0.2) is 0 Å². The molecule has 1 atom stereocenters. The zero-order chi connectivity index (χ0) is 12.4. The zero-order valence-corrected chi connectivity index (χ0v) is 10.8. The standard InChI is InChI=1S/C14H14N2OS/c17-14(13-9-15-18-16-13)8-11-6-3-5-10-4-1-2-7-12(10)11/h1-2,4,7,9,11H,3,5-6,8H2. The van der Waals surface area contributed by atoms with Crippen LogP contribution in [-0.4, -0.2) is 14.5 Å². The van der Waals surface area contributed by atoms with E-state index in [2.05, 4.69) is 33.0 Å². The summed E-state index contributed by atoms with van der Waals surface area (Å²) in [7, 11) is 0. The van der Waals surface area contributed by atoms with Gasteiger partial charge in [-0.2, -0.15) is 8.75 Å². The molecule has 3 nitrogen and oxygen atoms in total. The fraction of sp³-hybridized carbons (Fsp3) is 0.357. The van der Waals surface area contributed by atoms with Crippen molar-refractivity contribution in [3.63, 3.8) is 0 Å². The number of hydrogen-bond donors (Lipinski definition) is 0. The number of carbonyl (C=O) groups excluding carboxylic acids is 1. The Morgan fingerprint density at radius 3 is 3.11 bits per heavy atom. The predicted molar refractivity (Wildman–Crippen MR) is 71.0 cm³/mol. The number of benzene rings is 1. The second-order valence-corrected chi connectivity index (χ2v) is 5.26. The summed E-state index contributed by atoms with van der Waals surface area (Å²) in [5.74, 6) is 0.467. The maximum absolute atomic E-state index is 12.1. The van der Waals surface area contributed by atoms with E-state index in [4.69, 9.17) is 0 Å². The molecule has 1 unspecified atom stereocenters. The minimum absolute atomic E-state index is 0.116. The van der Waals surface area contributed by atoms with Gasteiger partial charge >= 0.3 is 0 Å². The first kappa shape index (κ1) is 11.5. The van der Waals surface area contributed by atoms with Crippen molar-refractivity contribution in [1.82, 2.24) is 8.75 Å². The number of hydrogen-bond acceptors (Lipinski definition) is 4. The summed E-state index contributed by atoms with van der Waals surface area (Å²) in [5.41, 5.74) is 3.27. The Bertz CT molecular complexity index is 551. The third-order valence-electron chi connectivity index (χ3n) is 3.57.